The van der Waals surface area contributed by atoms with Gasteiger partial charge in [0.15, 0.2) is 0 Å². The van der Waals surface area contributed by atoms with Gasteiger partial charge in [0.05, 0.1) is 7.11 Å². The topological polar surface area (TPSA) is 21.3 Å². The minimum absolute atomic E-state index is 0.465. The molecule has 3 heteroatoms. The van der Waals surface area contributed by atoms with E-state index in [1.54, 1.807) is 7.11 Å². The summed E-state index contributed by atoms with van der Waals surface area (Å²) in [6, 6.07) is 19.4. The number of nitrogens with one attached hydrogen (secondary N) is 1. The predicted octanol–water partition coefficient (Wildman–Crippen LogP) is 4.01. The van der Waals surface area contributed by atoms with Gasteiger partial charge in [-0.3, -0.25) is 0 Å². The van der Waals surface area contributed by atoms with E-state index in [0.29, 0.717) is 6.04 Å². The maximum Gasteiger partial charge on any atom is 0.119 e. The van der Waals surface area contributed by atoms with Crippen LogP contribution >= 0.6 is 11.8 Å². The Morgan fingerprint density at radius 1 is 1.10 bits per heavy atom. The molecule has 0 fully saturated rings. The molecule has 112 valence electrons. The van der Waals surface area contributed by atoms with Gasteiger partial charge in [-0.2, -0.15) is 0 Å². The van der Waals surface area contributed by atoms with E-state index in [1.807, 2.05) is 17.8 Å². The van der Waals surface area contributed by atoms with Gasteiger partial charge in [-0.25, -0.2) is 0 Å². The summed E-state index contributed by atoms with van der Waals surface area (Å²) in [5.41, 5.74) is 1.31. The number of rotatable bonds is 8. The van der Waals surface area contributed by atoms with Gasteiger partial charge in [-0.15, -0.1) is 11.8 Å². The molecule has 2 nitrogen and oxygen atoms in total. The first-order chi connectivity index (χ1) is 10.3. The zero-order chi connectivity index (χ0) is 14.9. The fourth-order valence-corrected chi connectivity index (χ4v) is 3.26. The lowest BCUT2D eigenvalue weighted by Gasteiger charge is -2.18. The number of methoxy groups -OCH3 is 1. The highest BCUT2D eigenvalue weighted by molar-refractivity contribution is 7.99. The molecule has 21 heavy (non-hydrogen) atoms. The highest BCUT2D eigenvalue weighted by atomic mass is 32.2. The van der Waals surface area contributed by atoms with Gasteiger partial charge >= 0.3 is 0 Å². The molecule has 1 N–H and O–H groups in total. The van der Waals surface area contributed by atoms with Crippen molar-refractivity contribution in [3.05, 3.63) is 60.2 Å². The van der Waals surface area contributed by atoms with Gasteiger partial charge in [0.1, 0.15) is 5.75 Å². The molecule has 0 aliphatic rings. The third kappa shape index (κ3) is 5.44. The molecule has 0 aliphatic heterocycles. The zero-order valence-electron chi connectivity index (χ0n) is 12.7. The largest absolute Gasteiger partial charge is 0.497 e. The molecular formula is C18H23NOS. The SMILES string of the molecule is CCNC(CSc1ccccc1)Cc1cccc(OC)c1. The highest BCUT2D eigenvalue weighted by Gasteiger charge is 2.09. The number of hydrogen-bond donors (Lipinski definition) is 1. The molecule has 2 aromatic rings. The minimum Gasteiger partial charge on any atom is -0.497 e. The van der Waals surface area contributed by atoms with E-state index >= 15 is 0 Å². The summed E-state index contributed by atoms with van der Waals surface area (Å²) in [6.07, 6.45) is 1.02. The van der Waals surface area contributed by atoms with Crippen molar-refractivity contribution in [2.75, 3.05) is 19.4 Å². The summed E-state index contributed by atoms with van der Waals surface area (Å²) in [4.78, 5) is 1.33. The van der Waals surface area contributed by atoms with Crippen molar-refractivity contribution in [3.8, 4) is 5.75 Å². The molecule has 0 saturated heterocycles. The monoisotopic (exact) mass is 301 g/mol. The Labute approximate surface area is 131 Å². The van der Waals surface area contributed by atoms with E-state index < -0.39 is 0 Å². The smallest absolute Gasteiger partial charge is 0.119 e. The Morgan fingerprint density at radius 2 is 1.90 bits per heavy atom. The van der Waals surface area contributed by atoms with Crippen LogP contribution in [0.2, 0.25) is 0 Å². The van der Waals surface area contributed by atoms with E-state index in [4.69, 9.17) is 4.74 Å². The van der Waals surface area contributed by atoms with Crippen LogP contribution in [-0.2, 0) is 6.42 Å². The third-order valence-electron chi connectivity index (χ3n) is 3.30. The minimum atomic E-state index is 0.465. The summed E-state index contributed by atoms with van der Waals surface area (Å²) >= 11 is 1.90. The first-order valence-electron chi connectivity index (χ1n) is 7.36. The fraction of sp³-hybridized carbons (Fsp3) is 0.333. The van der Waals surface area contributed by atoms with Crippen molar-refractivity contribution < 1.29 is 4.74 Å². The Bertz CT molecular complexity index is 530. The zero-order valence-corrected chi connectivity index (χ0v) is 13.5. The second-order valence-electron chi connectivity index (χ2n) is 4.93. The lowest BCUT2D eigenvalue weighted by molar-refractivity contribution is 0.414. The molecule has 0 heterocycles. The fourth-order valence-electron chi connectivity index (χ4n) is 2.28. The van der Waals surface area contributed by atoms with Gasteiger partial charge in [0, 0.05) is 16.7 Å². The van der Waals surface area contributed by atoms with Crippen LogP contribution in [0.1, 0.15) is 12.5 Å². The first-order valence-corrected chi connectivity index (χ1v) is 8.34. The van der Waals surface area contributed by atoms with Crippen molar-refractivity contribution in [1.29, 1.82) is 0 Å². The molecule has 0 radical (unpaired) electrons. The summed E-state index contributed by atoms with van der Waals surface area (Å²) < 4.78 is 5.30. The van der Waals surface area contributed by atoms with Gasteiger partial charge in [0.25, 0.3) is 0 Å². The summed E-state index contributed by atoms with van der Waals surface area (Å²) in [5, 5.41) is 3.58. The highest BCUT2D eigenvalue weighted by Crippen LogP contribution is 2.20. The normalized spacial score (nSPS) is 12.1. The van der Waals surface area contributed by atoms with Crippen LogP contribution in [0.5, 0.6) is 5.75 Å². The van der Waals surface area contributed by atoms with Gasteiger partial charge in [-0.1, -0.05) is 37.3 Å². The third-order valence-corrected chi connectivity index (χ3v) is 4.48. The van der Waals surface area contributed by atoms with Crippen molar-refractivity contribution in [2.24, 2.45) is 0 Å². The van der Waals surface area contributed by atoms with Gasteiger partial charge < -0.3 is 10.1 Å². The Hall–Kier alpha value is -1.45. The van der Waals surface area contributed by atoms with Crippen molar-refractivity contribution in [3.63, 3.8) is 0 Å². The molecule has 2 aromatic carbocycles. The number of hydrogen-bond acceptors (Lipinski definition) is 3. The molecule has 0 aromatic heterocycles. The van der Waals surface area contributed by atoms with Crippen LogP contribution in [0.25, 0.3) is 0 Å². The van der Waals surface area contributed by atoms with Gasteiger partial charge in [0.2, 0.25) is 0 Å². The second kappa shape index (κ2) is 8.75. The number of benzene rings is 2. The number of ether oxygens (including phenoxy) is 1. The molecule has 0 aliphatic carbocycles. The predicted molar refractivity (Wildman–Crippen MR) is 91.3 cm³/mol. The van der Waals surface area contributed by atoms with E-state index in [1.165, 1.54) is 10.5 Å². The van der Waals surface area contributed by atoms with E-state index in [0.717, 1.165) is 24.5 Å². The molecule has 0 spiro atoms. The standard InChI is InChI=1S/C18H23NOS/c1-3-19-16(14-21-18-10-5-4-6-11-18)12-15-8-7-9-17(13-15)20-2/h4-11,13,16,19H,3,12,14H2,1-2H3. The first kappa shape index (κ1) is 15.9. The van der Waals surface area contributed by atoms with Crippen molar-refractivity contribution in [2.45, 2.75) is 24.3 Å². The van der Waals surface area contributed by atoms with E-state index in [2.05, 4.69) is 60.8 Å². The molecule has 0 amide bonds. The Kier molecular flexibility index (Phi) is 6.64. The average Bonchev–Trinajstić information content (AvgIpc) is 2.54. The molecule has 0 bridgehead atoms. The van der Waals surface area contributed by atoms with Gasteiger partial charge in [-0.05, 0) is 42.8 Å². The molecule has 2 rings (SSSR count). The van der Waals surface area contributed by atoms with Crippen LogP contribution in [0.4, 0.5) is 0 Å². The second-order valence-corrected chi connectivity index (χ2v) is 6.03. The van der Waals surface area contributed by atoms with Crippen LogP contribution in [0, 0.1) is 0 Å². The average molecular weight is 301 g/mol. The van der Waals surface area contributed by atoms with Crippen LogP contribution in [0.3, 0.4) is 0 Å². The summed E-state index contributed by atoms with van der Waals surface area (Å²) in [7, 11) is 1.71. The van der Waals surface area contributed by atoms with E-state index in [9.17, 15) is 0 Å². The molecule has 1 unspecified atom stereocenters. The molecule has 0 saturated carbocycles. The lowest BCUT2D eigenvalue weighted by atomic mass is 10.1. The summed E-state index contributed by atoms with van der Waals surface area (Å²) in [6.45, 7) is 3.15. The number of thioether (sulfide) groups is 1. The van der Waals surface area contributed by atoms with Crippen LogP contribution < -0.4 is 10.1 Å². The quantitative estimate of drug-likeness (QED) is 0.744. The lowest BCUT2D eigenvalue weighted by Crippen LogP contribution is -2.33. The van der Waals surface area contributed by atoms with Crippen LogP contribution in [-0.4, -0.2) is 25.4 Å². The molecule has 1 atom stereocenters. The Morgan fingerprint density at radius 3 is 2.62 bits per heavy atom. The maximum absolute atomic E-state index is 5.30. The number of likely N-dealkylation sites (N-methyl/N-ethyl adjacent to an activating group) is 1. The van der Waals surface area contributed by atoms with Crippen LogP contribution in [0.15, 0.2) is 59.5 Å². The Balaban J connectivity index is 1.94. The maximum atomic E-state index is 5.30. The van der Waals surface area contributed by atoms with Crippen molar-refractivity contribution in [1.82, 2.24) is 5.32 Å². The molecular weight excluding hydrogens is 278 g/mol. The summed E-state index contributed by atoms with van der Waals surface area (Å²) in [5.74, 6) is 1.99. The van der Waals surface area contributed by atoms with E-state index in [-0.39, 0.29) is 0 Å². The van der Waals surface area contributed by atoms with Crippen molar-refractivity contribution >= 4 is 11.8 Å².